The summed E-state index contributed by atoms with van der Waals surface area (Å²) in [5.41, 5.74) is 1.12. The third-order valence-electron chi connectivity index (χ3n) is 3.22. The predicted octanol–water partition coefficient (Wildman–Crippen LogP) is 1.98. The van der Waals surface area contributed by atoms with E-state index in [1.165, 1.54) is 0 Å². The van der Waals surface area contributed by atoms with Crippen molar-refractivity contribution in [2.45, 2.75) is 20.0 Å². The van der Waals surface area contributed by atoms with Crippen molar-refractivity contribution in [3.05, 3.63) is 29.8 Å². The van der Waals surface area contributed by atoms with E-state index in [4.69, 9.17) is 14.6 Å². The van der Waals surface area contributed by atoms with Gasteiger partial charge in [-0.3, -0.25) is 0 Å². The number of aliphatic hydroxyl groups excluding tert-OH is 1. The van der Waals surface area contributed by atoms with Gasteiger partial charge in [-0.15, -0.1) is 0 Å². The minimum absolute atomic E-state index is 0.0764. The zero-order valence-electron chi connectivity index (χ0n) is 9.61. The average molecular weight is 222 g/mol. The molecule has 1 fully saturated rings. The third-order valence-corrected chi connectivity index (χ3v) is 3.22. The Kier molecular flexibility index (Phi) is 3.46. The van der Waals surface area contributed by atoms with Gasteiger partial charge in [-0.2, -0.15) is 0 Å². The fourth-order valence-electron chi connectivity index (χ4n) is 1.71. The van der Waals surface area contributed by atoms with Gasteiger partial charge in [0.25, 0.3) is 0 Å². The summed E-state index contributed by atoms with van der Waals surface area (Å²) in [5.74, 6) is 0.858. The van der Waals surface area contributed by atoms with Gasteiger partial charge in [-0.05, 0) is 24.1 Å². The van der Waals surface area contributed by atoms with Crippen LogP contribution in [0.25, 0.3) is 0 Å². The molecule has 1 aliphatic heterocycles. The first-order valence-corrected chi connectivity index (χ1v) is 5.68. The van der Waals surface area contributed by atoms with Crippen LogP contribution in [0.2, 0.25) is 0 Å². The second-order valence-corrected chi connectivity index (χ2v) is 4.44. The second-order valence-electron chi connectivity index (χ2n) is 4.44. The van der Waals surface area contributed by atoms with Crippen molar-refractivity contribution in [2.75, 3.05) is 19.8 Å². The molecule has 1 aliphatic rings. The lowest BCUT2D eigenvalue weighted by atomic mass is 9.84. The number of hydrogen-bond donors (Lipinski definition) is 1. The topological polar surface area (TPSA) is 38.7 Å². The van der Waals surface area contributed by atoms with Crippen molar-refractivity contribution in [2.24, 2.45) is 5.41 Å². The molecule has 1 aromatic rings. The molecule has 1 aromatic carbocycles. The molecule has 0 aliphatic carbocycles. The highest BCUT2D eigenvalue weighted by Gasteiger charge is 2.37. The standard InChI is InChI=1S/C13H18O3/c1-2-13(8-15-9-13)10-16-12-5-3-11(7-14)4-6-12/h3-6,14H,2,7-10H2,1H3. The Bertz CT molecular complexity index is 322. The van der Waals surface area contributed by atoms with E-state index >= 15 is 0 Å². The van der Waals surface area contributed by atoms with E-state index in [1.807, 2.05) is 24.3 Å². The van der Waals surface area contributed by atoms with Crippen molar-refractivity contribution in [1.82, 2.24) is 0 Å². The lowest BCUT2D eigenvalue weighted by molar-refractivity contribution is -0.133. The highest BCUT2D eigenvalue weighted by atomic mass is 16.5. The molecular weight excluding hydrogens is 204 g/mol. The van der Waals surface area contributed by atoms with Crippen LogP contribution in [0.15, 0.2) is 24.3 Å². The van der Waals surface area contributed by atoms with E-state index in [-0.39, 0.29) is 12.0 Å². The highest BCUT2D eigenvalue weighted by molar-refractivity contribution is 5.26. The van der Waals surface area contributed by atoms with E-state index < -0.39 is 0 Å². The van der Waals surface area contributed by atoms with Crippen molar-refractivity contribution < 1.29 is 14.6 Å². The van der Waals surface area contributed by atoms with Crippen LogP contribution in [0.3, 0.4) is 0 Å². The molecule has 0 aromatic heterocycles. The van der Waals surface area contributed by atoms with Crippen LogP contribution in [0, 0.1) is 5.41 Å². The SMILES string of the molecule is CCC1(COc2ccc(CO)cc2)COC1. The number of hydrogen-bond acceptors (Lipinski definition) is 3. The minimum Gasteiger partial charge on any atom is -0.493 e. The molecule has 3 heteroatoms. The molecule has 0 saturated carbocycles. The maximum Gasteiger partial charge on any atom is 0.119 e. The van der Waals surface area contributed by atoms with Crippen LogP contribution in [-0.2, 0) is 11.3 Å². The van der Waals surface area contributed by atoms with Crippen molar-refractivity contribution in [1.29, 1.82) is 0 Å². The van der Waals surface area contributed by atoms with E-state index in [0.29, 0.717) is 6.61 Å². The number of rotatable bonds is 5. The van der Waals surface area contributed by atoms with Gasteiger partial charge in [0, 0.05) is 0 Å². The summed E-state index contributed by atoms with van der Waals surface area (Å²) in [7, 11) is 0. The van der Waals surface area contributed by atoms with Crippen molar-refractivity contribution in [3.8, 4) is 5.75 Å². The smallest absolute Gasteiger partial charge is 0.119 e. The third kappa shape index (κ3) is 2.36. The van der Waals surface area contributed by atoms with Gasteiger partial charge >= 0.3 is 0 Å². The Balaban J connectivity index is 1.89. The van der Waals surface area contributed by atoms with Crippen LogP contribution in [0.4, 0.5) is 0 Å². The maximum absolute atomic E-state index is 8.92. The average Bonchev–Trinajstić information content (AvgIpc) is 2.29. The molecule has 0 bridgehead atoms. The molecule has 0 unspecified atom stereocenters. The fraction of sp³-hybridized carbons (Fsp3) is 0.538. The zero-order chi connectivity index (χ0) is 11.4. The van der Waals surface area contributed by atoms with E-state index in [0.717, 1.165) is 30.9 Å². The number of benzene rings is 1. The summed E-state index contributed by atoms with van der Waals surface area (Å²) in [6, 6.07) is 7.55. The Labute approximate surface area is 96.0 Å². The first kappa shape index (κ1) is 11.4. The first-order valence-electron chi connectivity index (χ1n) is 5.68. The zero-order valence-corrected chi connectivity index (χ0v) is 9.61. The van der Waals surface area contributed by atoms with Gasteiger partial charge in [-0.1, -0.05) is 19.1 Å². The van der Waals surface area contributed by atoms with Crippen LogP contribution < -0.4 is 4.74 Å². The fourth-order valence-corrected chi connectivity index (χ4v) is 1.71. The second kappa shape index (κ2) is 4.85. The summed E-state index contributed by atoms with van der Waals surface area (Å²) in [6.07, 6.45) is 1.09. The molecule has 0 atom stereocenters. The van der Waals surface area contributed by atoms with Crippen LogP contribution in [0.5, 0.6) is 5.75 Å². The van der Waals surface area contributed by atoms with Crippen molar-refractivity contribution in [3.63, 3.8) is 0 Å². The summed E-state index contributed by atoms with van der Waals surface area (Å²) >= 11 is 0. The molecule has 1 N–H and O–H groups in total. The van der Waals surface area contributed by atoms with Gasteiger partial charge in [0.2, 0.25) is 0 Å². The molecule has 1 heterocycles. The van der Waals surface area contributed by atoms with Gasteiger partial charge in [0.05, 0.1) is 31.8 Å². The first-order chi connectivity index (χ1) is 7.78. The molecule has 0 radical (unpaired) electrons. The monoisotopic (exact) mass is 222 g/mol. The Morgan fingerprint density at radius 2 is 2.00 bits per heavy atom. The number of aliphatic hydroxyl groups is 1. The van der Waals surface area contributed by atoms with Gasteiger partial charge in [0.1, 0.15) is 5.75 Å². The van der Waals surface area contributed by atoms with Gasteiger partial charge in [0.15, 0.2) is 0 Å². The minimum atomic E-state index is 0.0764. The summed E-state index contributed by atoms with van der Waals surface area (Å²) in [4.78, 5) is 0. The van der Waals surface area contributed by atoms with Gasteiger partial charge in [-0.25, -0.2) is 0 Å². The molecule has 3 nitrogen and oxygen atoms in total. The lowest BCUT2D eigenvalue weighted by Gasteiger charge is -2.40. The predicted molar refractivity (Wildman–Crippen MR) is 61.4 cm³/mol. The summed E-state index contributed by atoms with van der Waals surface area (Å²) in [5, 5.41) is 8.92. The summed E-state index contributed by atoms with van der Waals surface area (Å²) in [6.45, 7) is 4.56. The molecular formula is C13H18O3. The largest absolute Gasteiger partial charge is 0.493 e. The quantitative estimate of drug-likeness (QED) is 0.828. The Morgan fingerprint density at radius 1 is 1.31 bits per heavy atom. The van der Waals surface area contributed by atoms with Crippen LogP contribution >= 0.6 is 0 Å². The molecule has 0 spiro atoms. The van der Waals surface area contributed by atoms with Crippen LogP contribution in [0.1, 0.15) is 18.9 Å². The molecule has 1 saturated heterocycles. The molecule has 16 heavy (non-hydrogen) atoms. The lowest BCUT2D eigenvalue weighted by Crippen LogP contribution is -2.46. The van der Waals surface area contributed by atoms with E-state index in [1.54, 1.807) is 0 Å². The molecule has 2 rings (SSSR count). The summed E-state index contributed by atoms with van der Waals surface area (Å²) < 4.78 is 11.0. The van der Waals surface area contributed by atoms with Gasteiger partial charge < -0.3 is 14.6 Å². The Hall–Kier alpha value is -1.06. The molecule has 88 valence electrons. The number of ether oxygens (including phenoxy) is 2. The maximum atomic E-state index is 8.92. The molecule has 0 amide bonds. The normalized spacial score (nSPS) is 17.9. The van der Waals surface area contributed by atoms with E-state index in [2.05, 4.69) is 6.92 Å². The Morgan fingerprint density at radius 3 is 2.44 bits per heavy atom. The highest BCUT2D eigenvalue weighted by Crippen LogP contribution is 2.31. The van der Waals surface area contributed by atoms with E-state index in [9.17, 15) is 0 Å². The van der Waals surface area contributed by atoms with Crippen LogP contribution in [-0.4, -0.2) is 24.9 Å². The van der Waals surface area contributed by atoms with Crippen molar-refractivity contribution >= 4 is 0 Å².